The first-order chi connectivity index (χ1) is 11.2. The zero-order valence-corrected chi connectivity index (χ0v) is 14.0. The van der Waals surface area contributed by atoms with Crippen molar-refractivity contribution < 1.29 is 19.0 Å². The van der Waals surface area contributed by atoms with Gasteiger partial charge in [-0.05, 0) is 39.2 Å². The molecule has 0 spiro atoms. The van der Waals surface area contributed by atoms with Crippen molar-refractivity contribution in [2.24, 2.45) is 0 Å². The van der Waals surface area contributed by atoms with E-state index < -0.39 is 6.10 Å². The SMILES string of the molecule is CCOCc1ccccc1NC(=O)C(C)OCC1CCCCO1. The van der Waals surface area contributed by atoms with Crippen molar-refractivity contribution in [1.29, 1.82) is 0 Å². The molecule has 5 nitrogen and oxygen atoms in total. The van der Waals surface area contributed by atoms with E-state index in [0.29, 0.717) is 19.8 Å². The summed E-state index contributed by atoms with van der Waals surface area (Å²) >= 11 is 0. The van der Waals surface area contributed by atoms with Crippen molar-refractivity contribution in [2.45, 2.75) is 51.9 Å². The summed E-state index contributed by atoms with van der Waals surface area (Å²) in [6.45, 7) is 6.10. The summed E-state index contributed by atoms with van der Waals surface area (Å²) in [4.78, 5) is 12.3. The fourth-order valence-electron chi connectivity index (χ4n) is 2.48. The van der Waals surface area contributed by atoms with Gasteiger partial charge in [0.25, 0.3) is 5.91 Å². The molecule has 0 aliphatic carbocycles. The van der Waals surface area contributed by atoms with Crippen molar-refractivity contribution >= 4 is 11.6 Å². The van der Waals surface area contributed by atoms with E-state index in [1.807, 2.05) is 31.2 Å². The van der Waals surface area contributed by atoms with E-state index >= 15 is 0 Å². The van der Waals surface area contributed by atoms with Gasteiger partial charge >= 0.3 is 0 Å². The quantitative estimate of drug-likeness (QED) is 0.799. The van der Waals surface area contributed by atoms with Crippen molar-refractivity contribution in [3.63, 3.8) is 0 Å². The largest absolute Gasteiger partial charge is 0.377 e. The summed E-state index contributed by atoms with van der Waals surface area (Å²) in [5.41, 5.74) is 1.74. The van der Waals surface area contributed by atoms with Gasteiger partial charge in [0.15, 0.2) is 0 Å². The first-order valence-electron chi connectivity index (χ1n) is 8.40. The molecule has 5 heteroatoms. The number of anilines is 1. The molecule has 23 heavy (non-hydrogen) atoms. The number of hydrogen-bond donors (Lipinski definition) is 1. The van der Waals surface area contributed by atoms with Crippen molar-refractivity contribution in [3.8, 4) is 0 Å². The number of hydrogen-bond acceptors (Lipinski definition) is 4. The van der Waals surface area contributed by atoms with Gasteiger partial charge in [0.05, 0.1) is 19.3 Å². The van der Waals surface area contributed by atoms with Gasteiger partial charge in [-0.25, -0.2) is 0 Å². The first kappa shape index (κ1) is 17.9. The second kappa shape index (κ2) is 9.65. The Morgan fingerprint density at radius 2 is 2.22 bits per heavy atom. The molecule has 1 heterocycles. The molecule has 2 rings (SSSR count). The Hall–Kier alpha value is -1.43. The molecule has 1 fully saturated rings. The summed E-state index contributed by atoms with van der Waals surface area (Å²) in [5.74, 6) is -0.148. The molecule has 0 radical (unpaired) electrons. The number of carbonyl (C=O) groups is 1. The topological polar surface area (TPSA) is 56.8 Å². The van der Waals surface area contributed by atoms with Crippen LogP contribution < -0.4 is 5.32 Å². The zero-order valence-electron chi connectivity index (χ0n) is 14.0. The van der Waals surface area contributed by atoms with E-state index in [1.165, 1.54) is 6.42 Å². The maximum atomic E-state index is 12.3. The molecular formula is C18H27NO4. The molecule has 0 bridgehead atoms. The minimum atomic E-state index is -0.513. The number of para-hydroxylation sites is 1. The normalized spacial score (nSPS) is 19.3. The lowest BCUT2D eigenvalue weighted by Gasteiger charge is -2.24. The van der Waals surface area contributed by atoms with Crippen LogP contribution in [-0.2, 0) is 25.6 Å². The van der Waals surface area contributed by atoms with Gasteiger partial charge in [0, 0.05) is 24.5 Å². The maximum Gasteiger partial charge on any atom is 0.253 e. The van der Waals surface area contributed by atoms with Gasteiger partial charge in [0.2, 0.25) is 0 Å². The Labute approximate surface area is 138 Å². The van der Waals surface area contributed by atoms with Crippen LogP contribution in [0.15, 0.2) is 24.3 Å². The average molecular weight is 321 g/mol. The minimum Gasteiger partial charge on any atom is -0.377 e. The number of carbonyl (C=O) groups excluding carboxylic acids is 1. The highest BCUT2D eigenvalue weighted by Crippen LogP contribution is 2.17. The number of ether oxygens (including phenoxy) is 3. The van der Waals surface area contributed by atoms with Gasteiger partial charge in [-0.1, -0.05) is 18.2 Å². The Balaban J connectivity index is 1.83. The third kappa shape index (κ3) is 5.94. The molecule has 1 N–H and O–H groups in total. The number of rotatable bonds is 8. The van der Waals surface area contributed by atoms with Gasteiger partial charge in [-0.15, -0.1) is 0 Å². The molecule has 2 atom stereocenters. The van der Waals surface area contributed by atoms with Crippen LogP contribution in [0, 0.1) is 0 Å². The number of nitrogens with one attached hydrogen (secondary N) is 1. The lowest BCUT2D eigenvalue weighted by Crippen LogP contribution is -2.32. The highest BCUT2D eigenvalue weighted by molar-refractivity contribution is 5.94. The molecular weight excluding hydrogens is 294 g/mol. The predicted molar refractivity (Wildman–Crippen MR) is 89.4 cm³/mol. The van der Waals surface area contributed by atoms with E-state index in [0.717, 1.165) is 30.7 Å². The Kier molecular flexibility index (Phi) is 7.52. The maximum absolute atomic E-state index is 12.3. The minimum absolute atomic E-state index is 0.115. The highest BCUT2D eigenvalue weighted by Gasteiger charge is 2.19. The van der Waals surface area contributed by atoms with Crippen LogP contribution in [0.1, 0.15) is 38.7 Å². The summed E-state index contributed by atoms with van der Waals surface area (Å²) in [5, 5.41) is 2.92. The number of amides is 1. The molecule has 1 aliphatic heterocycles. The van der Waals surface area contributed by atoms with Gasteiger partial charge in [-0.2, -0.15) is 0 Å². The second-order valence-electron chi connectivity index (χ2n) is 5.75. The lowest BCUT2D eigenvalue weighted by atomic mass is 10.1. The van der Waals surface area contributed by atoms with E-state index in [4.69, 9.17) is 14.2 Å². The van der Waals surface area contributed by atoms with Crippen LogP contribution in [0.4, 0.5) is 5.69 Å². The highest BCUT2D eigenvalue weighted by atomic mass is 16.5. The molecule has 1 saturated heterocycles. The summed E-state index contributed by atoms with van der Waals surface area (Å²) in [6, 6.07) is 7.66. The monoisotopic (exact) mass is 321 g/mol. The summed E-state index contributed by atoms with van der Waals surface area (Å²) in [6.07, 6.45) is 2.89. The zero-order chi connectivity index (χ0) is 16.5. The van der Waals surface area contributed by atoms with Crippen LogP contribution in [0.3, 0.4) is 0 Å². The summed E-state index contributed by atoms with van der Waals surface area (Å²) < 4.78 is 16.7. The van der Waals surface area contributed by atoms with Crippen molar-refractivity contribution in [2.75, 3.05) is 25.1 Å². The molecule has 128 valence electrons. The molecule has 2 unspecified atom stereocenters. The first-order valence-corrected chi connectivity index (χ1v) is 8.40. The standard InChI is InChI=1S/C18H27NO4/c1-3-21-12-15-8-4-5-10-17(15)19-18(20)14(2)23-13-16-9-6-7-11-22-16/h4-5,8,10,14,16H,3,6-7,9,11-13H2,1-2H3,(H,19,20). The molecule has 1 aliphatic rings. The fourth-order valence-corrected chi connectivity index (χ4v) is 2.48. The molecule has 0 saturated carbocycles. The van der Waals surface area contributed by atoms with Gasteiger partial charge in [0.1, 0.15) is 6.10 Å². The summed E-state index contributed by atoms with van der Waals surface area (Å²) in [7, 11) is 0. The predicted octanol–water partition coefficient (Wildman–Crippen LogP) is 3.14. The average Bonchev–Trinajstić information content (AvgIpc) is 2.59. The molecule has 1 amide bonds. The Morgan fingerprint density at radius 3 is 2.96 bits per heavy atom. The Bertz CT molecular complexity index is 486. The smallest absolute Gasteiger partial charge is 0.253 e. The van der Waals surface area contributed by atoms with Crippen LogP contribution in [-0.4, -0.2) is 37.9 Å². The van der Waals surface area contributed by atoms with Crippen LogP contribution in [0.25, 0.3) is 0 Å². The van der Waals surface area contributed by atoms with Gasteiger partial charge < -0.3 is 19.5 Å². The van der Waals surface area contributed by atoms with Crippen LogP contribution >= 0.6 is 0 Å². The molecule has 1 aromatic rings. The van der Waals surface area contributed by atoms with Crippen LogP contribution in [0.5, 0.6) is 0 Å². The molecule has 0 aromatic heterocycles. The fraction of sp³-hybridized carbons (Fsp3) is 0.611. The third-order valence-electron chi connectivity index (χ3n) is 3.91. The third-order valence-corrected chi connectivity index (χ3v) is 3.91. The van der Waals surface area contributed by atoms with E-state index in [-0.39, 0.29) is 12.0 Å². The van der Waals surface area contributed by atoms with Crippen LogP contribution in [0.2, 0.25) is 0 Å². The van der Waals surface area contributed by atoms with E-state index in [2.05, 4.69) is 5.32 Å². The van der Waals surface area contributed by atoms with E-state index in [1.54, 1.807) is 6.92 Å². The van der Waals surface area contributed by atoms with Gasteiger partial charge in [-0.3, -0.25) is 4.79 Å². The second-order valence-corrected chi connectivity index (χ2v) is 5.75. The van der Waals surface area contributed by atoms with Crippen molar-refractivity contribution in [3.05, 3.63) is 29.8 Å². The molecule has 1 aromatic carbocycles. The lowest BCUT2D eigenvalue weighted by molar-refractivity contribution is -0.130. The number of benzene rings is 1. The van der Waals surface area contributed by atoms with E-state index in [9.17, 15) is 4.79 Å². The van der Waals surface area contributed by atoms with Crippen molar-refractivity contribution in [1.82, 2.24) is 0 Å². The Morgan fingerprint density at radius 1 is 1.39 bits per heavy atom.